The molecule has 0 heterocycles. The predicted molar refractivity (Wildman–Crippen MR) is 163 cm³/mol. The van der Waals surface area contributed by atoms with Gasteiger partial charge in [-0.3, -0.25) is 0 Å². The summed E-state index contributed by atoms with van der Waals surface area (Å²) in [5.74, 6) is -2.66. The van der Waals surface area contributed by atoms with E-state index in [1.807, 2.05) is 0 Å². The summed E-state index contributed by atoms with van der Waals surface area (Å²) in [6.45, 7) is 5.06. The van der Waals surface area contributed by atoms with Crippen molar-refractivity contribution < 1.29 is 36.9 Å². The maximum Gasteiger partial charge on any atom is 0.519 e. The molecule has 0 aromatic heterocycles. The maximum absolute atomic E-state index is 14.8. The first-order chi connectivity index (χ1) is 20.9. The van der Waals surface area contributed by atoms with Gasteiger partial charge in [-0.1, -0.05) is 90.2 Å². The highest BCUT2D eigenvalue weighted by Gasteiger charge is 2.17. The zero-order valence-electron chi connectivity index (χ0n) is 25.3. The molecule has 5 nitrogen and oxygen atoms in total. The molecule has 3 aromatic carbocycles. The molecule has 3 aromatic rings. The van der Waals surface area contributed by atoms with Crippen LogP contribution >= 0.6 is 0 Å². The molecule has 3 rings (SSSR count). The average molecular weight is 601 g/mol. The number of halogens is 3. The number of carbonyl (C=O) groups is 1. The van der Waals surface area contributed by atoms with Crippen molar-refractivity contribution >= 4 is 6.16 Å². The Morgan fingerprint density at radius 1 is 0.581 bits per heavy atom. The molecule has 0 radical (unpaired) electrons. The topological polar surface area (TPSA) is 54.0 Å². The van der Waals surface area contributed by atoms with Crippen LogP contribution in [0.4, 0.5) is 18.0 Å². The molecule has 0 spiro atoms. The first-order valence-corrected chi connectivity index (χ1v) is 15.5. The van der Waals surface area contributed by atoms with Crippen LogP contribution in [0.2, 0.25) is 0 Å². The maximum atomic E-state index is 14.8. The molecule has 0 saturated carbocycles. The van der Waals surface area contributed by atoms with E-state index in [0.717, 1.165) is 44.6 Å². The lowest BCUT2D eigenvalue weighted by molar-refractivity contribution is 0.151. The minimum absolute atomic E-state index is 0.0395. The Hall–Kier alpha value is -3.68. The summed E-state index contributed by atoms with van der Waals surface area (Å²) in [4.78, 5) is 12.2. The van der Waals surface area contributed by atoms with E-state index in [9.17, 15) is 18.0 Å². The molecule has 0 aliphatic heterocycles. The van der Waals surface area contributed by atoms with Gasteiger partial charge in [0.05, 0.1) is 13.2 Å². The van der Waals surface area contributed by atoms with Gasteiger partial charge in [0.1, 0.15) is 11.5 Å². The van der Waals surface area contributed by atoms with Crippen molar-refractivity contribution in [1.82, 2.24) is 0 Å². The number of benzene rings is 3. The van der Waals surface area contributed by atoms with Gasteiger partial charge in [0.25, 0.3) is 0 Å². The molecular weight excluding hydrogens is 557 g/mol. The van der Waals surface area contributed by atoms with E-state index in [-0.39, 0.29) is 28.6 Å². The number of ether oxygens (including phenoxy) is 4. The first kappa shape index (κ1) is 33.8. The van der Waals surface area contributed by atoms with E-state index in [1.54, 1.807) is 0 Å². The highest BCUT2D eigenvalue weighted by molar-refractivity contribution is 5.69. The quantitative estimate of drug-likeness (QED) is 0.0778. The molecule has 43 heavy (non-hydrogen) atoms. The Morgan fingerprint density at radius 3 is 1.70 bits per heavy atom. The number of hydrogen-bond donors (Lipinski definition) is 0. The van der Waals surface area contributed by atoms with Crippen LogP contribution in [0, 0.1) is 17.5 Å². The lowest BCUT2D eigenvalue weighted by Crippen LogP contribution is -2.14. The molecule has 0 N–H and O–H groups in total. The van der Waals surface area contributed by atoms with Crippen LogP contribution in [-0.4, -0.2) is 19.4 Å². The standard InChI is InChI=1S/C35H43F3O5/c1-3-5-7-9-11-13-23-40-31-21-19-28(25-30(31)36)43-35(39)42-27-17-15-26(16-18-27)29-20-22-32(34(38)33(29)37)41-24-14-12-10-8-6-4-2/h15-22,25H,3-14,23-24H2,1-2H3. The van der Waals surface area contributed by atoms with Crippen LogP contribution in [0.25, 0.3) is 11.1 Å². The van der Waals surface area contributed by atoms with Gasteiger partial charge >= 0.3 is 6.16 Å². The van der Waals surface area contributed by atoms with E-state index < -0.39 is 23.6 Å². The van der Waals surface area contributed by atoms with Crippen molar-refractivity contribution in [3.63, 3.8) is 0 Å². The Labute approximate surface area is 253 Å². The Bertz CT molecular complexity index is 1260. The molecule has 0 aliphatic rings. The second-order valence-electron chi connectivity index (χ2n) is 10.5. The number of hydrogen-bond acceptors (Lipinski definition) is 5. The molecule has 234 valence electrons. The van der Waals surface area contributed by atoms with Gasteiger partial charge in [0, 0.05) is 11.6 Å². The van der Waals surface area contributed by atoms with Crippen LogP contribution in [-0.2, 0) is 0 Å². The third-order valence-corrected chi connectivity index (χ3v) is 7.03. The average Bonchev–Trinajstić information content (AvgIpc) is 3.00. The second kappa shape index (κ2) is 18.8. The van der Waals surface area contributed by atoms with E-state index >= 15 is 0 Å². The monoisotopic (exact) mass is 600 g/mol. The van der Waals surface area contributed by atoms with Crippen molar-refractivity contribution in [2.75, 3.05) is 13.2 Å². The molecule has 0 bridgehead atoms. The Balaban J connectivity index is 1.47. The molecule has 0 amide bonds. The molecule has 8 heteroatoms. The zero-order chi connectivity index (χ0) is 30.9. The SMILES string of the molecule is CCCCCCCCOc1ccc(OC(=O)Oc2ccc(-c3ccc(OCCCCCCCC)c(F)c3F)cc2)cc1F. The highest BCUT2D eigenvalue weighted by atomic mass is 19.2. The summed E-state index contributed by atoms with van der Waals surface area (Å²) >= 11 is 0. The summed E-state index contributed by atoms with van der Waals surface area (Å²) in [5, 5.41) is 0. The van der Waals surface area contributed by atoms with Gasteiger partial charge in [0.2, 0.25) is 5.82 Å². The van der Waals surface area contributed by atoms with E-state index in [2.05, 4.69) is 13.8 Å². The largest absolute Gasteiger partial charge is 0.519 e. The summed E-state index contributed by atoms with van der Waals surface area (Å²) in [6, 6.07) is 12.6. The summed E-state index contributed by atoms with van der Waals surface area (Å²) in [7, 11) is 0. The van der Waals surface area contributed by atoms with Gasteiger partial charge in [-0.15, -0.1) is 0 Å². The molecule has 0 atom stereocenters. The summed E-state index contributed by atoms with van der Waals surface area (Å²) in [6.07, 6.45) is 11.9. The molecule has 0 unspecified atom stereocenters. The van der Waals surface area contributed by atoms with Gasteiger partial charge in [0.15, 0.2) is 23.1 Å². The number of rotatable bonds is 19. The fourth-order valence-electron chi connectivity index (χ4n) is 4.57. The van der Waals surface area contributed by atoms with E-state index in [1.165, 1.54) is 87.1 Å². The Kier molecular flexibility index (Phi) is 14.8. The molecule has 0 aliphatic carbocycles. The van der Waals surface area contributed by atoms with Crippen molar-refractivity contribution in [1.29, 1.82) is 0 Å². The van der Waals surface area contributed by atoms with Crippen LogP contribution in [0.15, 0.2) is 54.6 Å². The van der Waals surface area contributed by atoms with E-state index in [4.69, 9.17) is 18.9 Å². The molecule has 0 fully saturated rings. The van der Waals surface area contributed by atoms with Crippen molar-refractivity contribution in [2.45, 2.75) is 90.9 Å². The fraction of sp³-hybridized carbons (Fsp3) is 0.457. The van der Waals surface area contributed by atoms with Crippen LogP contribution in [0.5, 0.6) is 23.0 Å². The van der Waals surface area contributed by atoms with Gasteiger partial charge in [-0.05, 0) is 54.8 Å². The number of unbranched alkanes of at least 4 members (excludes halogenated alkanes) is 10. The minimum atomic E-state index is -1.07. The molecular formula is C35H43F3O5. The van der Waals surface area contributed by atoms with Gasteiger partial charge < -0.3 is 18.9 Å². The second-order valence-corrected chi connectivity index (χ2v) is 10.5. The molecule has 0 saturated heterocycles. The summed E-state index contributed by atoms with van der Waals surface area (Å²) < 4.78 is 65.1. The predicted octanol–water partition coefficient (Wildman–Crippen LogP) is 10.8. The first-order valence-electron chi connectivity index (χ1n) is 15.5. The van der Waals surface area contributed by atoms with Crippen molar-refractivity contribution in [3.8, 4) is 34.1 Å². The van der Waals surface area contributed by atoms with Crippen molar-refractivity contribution in [2.24, 2.45) is 0 Å². The number of carbonyl (C=O) groups excluding carboxylic acids is 1. The Morgan fingerprint density at radius 2 is 1.09 bits per heavy atom. The fourth-order valence-corrected chi connectivity index (χ4v) is 4.57. The summed E-state index contributed by atoms with van der Waals surface area (Å²) in [5.41, 5.74) is 0.436. The van der Waals surface area contributed by atoms with Crippen LogP contribution < -0.4 is 18.9 Å². The highest BCUT2D eigenvalue weighted by Crippen LogP contribution is 2.31. The van der Waals surface area contributed by atoms with Gasteiger partial charge in [-0.25, -0.2) is 13.6 Å². The lowest BCUT2D eigenvalue weighted by atomic mass is 10.0. The third-order valence-electron chi connectivity index (χ3n) is 7.03. The zero-order valence-corrected chi connectivity index (χ0v) is 25.3. The minimum Gasteiger partial charge on any atom is -0.491 e. The van der Waals surface area contributed by atoms with Crippen LogP contribution in [0.3, 0.4) is 0 Å². The lowest BCUT2D eigenvalue weighted by Gasteiger charge is -2.11. The van der Waals surface area contributed by atoms with E-state index in [0.29, 0.717) is 18.8 Å². The smallest absolute Gasteiger partial charge is 0.491 e. The normalized spacial score (nSPS) is 10.9. The third kappa shape index (κ3) is 11.5. The van der Waals surface area contributed by atoms with Gasteiger partial charge in [-0.2, -0.15) is 4.39 Å². The van der Waals surface area contributed by atoms with Crippen LogP contribution in [0.1, 0.15) is 90.9 Å². The van der Waals surface area contributed by atoms with Crippen molar-refractivity contribution in [3.05, 3.63) is 72.0 Å².